The molecule has 0 N–H and O–H groups in total. The van der Waals surface area contributed by atoms with E-state index in [1.807, 2.05) is 43.4 Å². The molecule has 2 heterocycles. The number of benzene rings is 3. The van der Waals surface area contributed by atoms with Crippen LogP contribution in [0.1, 0.15) is 76.7 Å². The molecule has 7 rings (SSSR count). The van der Waals surface area contributed by atoms with Gasteiger partial charge in [0.25, 0.3) is 0 Å². The summed E-state index contributed by atoms with van der Waals surface area (Å²) in [6, 6.07) is 20.2. The van der Waals surface area contributed by atoms with E-state index in [0.717, 1.165) is 24.0 Å². The van der Waals surface area contributed by atoms with Gasteiger partial charge in [-0.2, -0.15) is 0 Å². The van der Waals surface area contributed by atoms with E-state index >= 15 is 0 Å². The zero-order valence-corrected chi connectivity index (χ0v) is 30.1. The molecule has 2 aromatic heterocycles. The molecule has 0 spiro atoms. The molecule has 2 aliphatic carbocycles. The Labute approximate surface area is 290 Å². The number of hydrogen-bond acceptors (Lipinski definition) is 6. The molecule has 3 aromatic carbocycles. The number of carbonyl (C=O) groups is 2. The summed E-state index contributed by atoms with van der Waals surface area (Å²) >= 11 is 3.76. The third-order valence-electron chi connectivity index (χ3n) is 9.96. The number of aryl methyl sites for hydroxylation is 1. The summed E-state index contributed by atoms with van der Waals surface area (Å²) in [6.07, 6.45) is 10.4. The number of thiophene rings is 2. The largest absolute Gasteiger partial charge is 0.457 e. The standard InChI is InChI=1S/C42H42O4S2/c1-7-35(45-39(43)8-2)29-15-12-26(20-24(29)5)27-13-16-33-37(21-27)47-41-34-17-14-28(22-38(34)48-40(33)41)30-18-19-32-31(25(30)6)10-9-11-36(32)46-42(44)23(3)4/h9-10,12-23,25,31,35-36H,7-8,11H2,1-6H3/t25-,31?,35?,36?/m0/s1. The summed E-state index contributed by atoms with van der Waals surface area (Å²) in [4.78, 5) is 24.4. The summed E-state index contributed by atoms with van der Waals surface area (Å²) in [6.45, 7) is 12.1. The Hall–Kier alpha value is -4.00. The second-order valence-corrected chi connectivity index (χ2v) is 15.5. The van der Waals surface area contributed by atoms with Crippen LogP contribution in [0.4, 0.5) is 0 Å². The van der Waals surface area contributed by atoms with Crippen LogP contribution in [0.5, 0.6) is 0 Å². The summed E-state index contributed by atoms with van der Waals surface area (Å²) in [5.41, 5.74) is 8.38. The molecule has 246 valence electrons. The lowest BCUT2D eigenvalue weighted by Crippen LogP contribution is -2.32. The second kappa shape index (κ2) is 13.1. The van der Waals surface area contributed by atoms with Gasteiger partial charge in [-0.25, -0.2) is 0 Å². The van der Waals surface area contributed by atoms with Gasteiger partial charge >= 0.3 is 11.9 Å². The average Bonchev–Trinajstić information content (AvgIpc) is 3.62. The quantitative estimate of drug-likeness (QED) is 0.121. The molecular formula is C42H42O4S2. The van der Waals surface area contributed by atoms with Gasteiger partial charge in [-0.05, 0) is 70.4 Å². The Kier molecular flexibility index (Phi) is 8.90. The zero-order valence-electron chi connectivity index (χ0n) is 28.5. The molecule has 6 heteroatoms. The normalized spacial score (nSPS) is 19.8. The van der Waals surface area contributed by atoms with Crippen molar-refractivity contribution in [2.24, 2.45) is 17.8 Å². The maximum Gasteiger partial charge on any atom is 0.308 e. The maximum absolute atomic E-state index is 12.4. The van der Waals surface area contributed by atoms with Crippen LogP contribution in [-0.4, -0.2) is 18.0 Å². The van der Waals surface area contributed by atoms with Crippen LogP contribution in [0.25, 0.3) is 46.3 Å². The minimum absolute atomic E-state index is 0.130. The van der Waals surface area contributed by atoms with E-state index in [2.05, 4.69) is 99.7 Å². The Bertz CT molecular complexity index is 2160. The third-order valence-corrected chi connectivity index (χ3v) is 12.5. The van der Waals surface area contributed by atoms with Crippen molar-refractivity contribution < 1.29 is 19.1 Å². The summed E-state index contributed by atoms with van der Waals surface area (Å²) < 4.78 is 16.9. The molecular weight excluding hydrogens is 633 g/mol. The predicted octanol–water partition coefficient (Wildman–Crippen LogP) is 11.8. The Morgan fingerprint density at radius 1 is 0.875 bits per heavy atom. The highest BCUT2D eigenvalue weighted by atomic mass is 32.1. The molecule has 0 aliphatic heterocycles. The van der Waals surface area contributed by atoms with Crippen LogP contribution >= 0.6 is 22.7 Å². The first kappa shape index (κ1) is 32.5. The van der Waals surface area contributed by atoms with E-state index in [1.54, 1.807) is 0 Å². The van der Waals surface area contributed by atoms with Gasteiger partial charge in [-0.1, -0.05) is 101 Å². The lowest BCUT2D eigenvalue weighted by molar-refractivity contribution is -0.151. The number of rotatable bonds is 8. The minimum atomic E-state index is -0.212. The van der Waals surface area contributed by atoms with E-state index in [0.29, 0.717) is 6.42 Å². The minimum Gasteiger partial charge on any atom is -0.457 e. The van der Waals surface area contributed by atoms with Gasteiger partial charge in [-0.15, -0.1) is 22.7 Å². The molecule has 4 atom stereocenters. The molecule has 3 unspecified atom stereocenters. The first-order chi connectivity index (χ1) is 23.2. The van der Waals surface area contributed by atoms with Crippen LogP contribution in [0.3, 0.4) is 0 Å². The van der Waals surface area contributed by atoms with Crippen molar-refractivity contribution in [3.8, 4) is 11.1 Å². The molecule has 0 saturated carbocycles. The maximum atomic E-state index is 12.4. The monoisotopic (exact) mass is 674 g/mol. The van der Waals surface area contributed by atoms with Gasteiger partial charge in [0.15, 0.2) is 0 Å². The number of allylic oxidation sites excluding steroid dienone is 4. The van der Waals surface area contributed by atoms with Gasteiger partial charge in [-0.3, -0.25) is 9.59 Å². The van der Waals surface area contributed by atoms with Crippen molar-refractivity contribution in [2.45, 2.75) is 73.0 Å². The summed E-state index contributed by atoms with van der Waals surface area (Å²) in [7, 11) is 0. The van der Waals surface area contributed by atoms with Crippen LogP contribution in [0.15, 0.2) is 84.5 Å². The second-order valence-electron chi connectivity index (χ2n) is 13.4. The zero-order chi connectivity index (χ0) is 33.7. The van der Waals surface area contributed by atoms with Crippen LogP contribution < -0.4 is 0 Å². The highest BCUT2D eigenvalue weighted by Gasteiger charge is 2.34. The molecule has 0 bridgehead atoms. The Morgan fingerprint density at radius 3 is 2.17 bits per heavy atom. The fourth-order valence-electron chi connectivity index (χ4n) is 7.21. The summed E-state index contributed by atoms with van der Waals surface area (Å²) in [5, 5.41) is 2.62. The average molecular weight is 675 g/mol. The van der Waals surface area contributed by atoms with Gasteiger partial charge in [0.2, 0.25) is 0 Å². The van der Waals surface area contributed by atoms with E-state index < -0.39 is 0 Å². The molecule has 0 fully saturated rings. The van der Waals surface area contributed by atoms with Crippen molar-refractivity contribution >= 4 is 69.8 Å². The predicted molar refractivity (Wildman–Crippen MR) is 201 cm³/mol. The molecule has 48 heavy (non-hydrogen) atoms. The molecule has 0 saturated heterocycles. The number of carbonyl (C=O) groups excluding carboxylic acids is 2. The third kappa shape index (κ3) is 5.83. The molecule has 4 nitrogen and oxygen atoms in total. The highest BCUT2D eigenvalue weighted by Crippen LogP contribution is 2.47. The molecule has 5 aromatic rings. The topological polar surface area (TPSA) is 52.6 Å². The van der Waals surface area contributed by atoms with Crippen LogP contribution in [-0.2, 0) is 19.1 Å². The number of ether oxygens (including phenoxy) is 2. The lowest BCUT2D eigenvalue weighted by Gasteiger charge is -2.36. The number of esters is 2. The first-order valence-electron chi connectivity index (χ1n) is 17.1. The van der Waals surface area contributed by atoms with Crippen molar-refractivity contribution in [2.75, 3.05) is 0 Å². The lowest BCUT2D eigenvalue weighted by atomic mass is 9.72. The SMILES string of the molecule is CCC(=O)OC(CC)c1ccc(-c2ccc3c(c2)sc2c4ccc(C5=CC=C6C(OC(=O)C(C)C)CC=CC6[C@H]5C)cc4sc32)cc1C. The van der Waals surface area contributed by atoms with E-state index in [-0.39, 0.29) is 41.9 Å². The first-order valence-corrected chi connectivity index (χ1v) is 18.8. The number of fused-ring (bicyclic) bond motifs is 6. The van der Waals surface area contributed by atoms with Gasteiger partial charge < -0.3 is 9.47 Å². The highest BCUT2D eigenvalue weighted by molar-refractivity contribution is 7.36. The van der Waals surface area contributed by atoms with Crippen LogP contribution in [0, 0.1) is 24.7 Å². The van der Waals surface area contributed by atoms with E-state index in [4.69, 9.17) is 9.47 Å². The van der Waals surface area contributed by atoms with Gasteiger partial charge in [0, 0.05) is 38.9 Å². The fourth-order valence-corrected chi connectivity index (χ4v) is 9.94. The van der Waals surface area contributed by atoms with Crippen molar-refractivity contribution in [1.29, 1.82) is 0 Å². The molecule has 0 amide bonds. The summed E-state index contributed by atoms with van der Waals surface area (Å²) in [5.74, 6) is 0.0970. The van der Waals surface area contributed by atoms with Crippen molar-refractivity contribution in [3.63, 3.8) is 0 Å². The van der Waals surface area contributed by atoms with Crippen LogP contribution in [0.2, 0.25) is 0 Å². The fraction of sp³-hybridized carbons (Fsp3) is 0.333. The van der Waals surface area contributed by atoms with E-state index in [9.17, 15) is 9.59 Å². The van der Waals surface area contributed by atoms with Gasteiger partial charge in [0.05, 0.1) is 15.3 Å². The number of hydrogen-bond donors (Lipinski definition) is 0. The molecule has 2 aliphatic rings. The molecule has 0 radical (unpaired) electrons. The van der Waals surface area contributed by atoms with Crippen molar-refractivity contribution in [1.82, 2.24) is 0 Å². The van der Waals surface area contributed by atoms with Crippen molar-refractivity contribution in [3.05, 3.63) is 101 Å². The van der Waals surface area contributed by atoms with E-state index in [1.165, 1.54) is 57.4 Å². The Balaban J connectivity index is 1.17. The Morgan fingerprint density at radius 2 is 1.52 bits per heavy atom. The van der Waals surface area contributed by atoms with Gasteiger partial charge in [0.1, 0.15) is 12.2 Å². The smallest absolute Gasteiger partial charge is 0.308 e.